The van der Waals surface area contributed by atoms with Crippen molar-refractivity contribution in [1.82, 2.24) is 40.4 Å². The van der Waals surface area contributed by atoms with Crippen molar-refractivity contribution in [2.24, 2.45) is 5.92 Å². The van der Waals surface area contributed by atoms with Gasteiger partial charge in [-0.15, -0.1) is 0 Å². The van der Waals surface area contributed by atoms with E-state index in [-0.39, 0.29) is 5.91 Å². The first-order chi connectivity index (χ1) is 19.7. The number of amides is 1. The summed E-state index contributed by atoms with van der Waals surface area (Å²) in [7, 11) is 0. The fourth-order valence-electron chi connectivity index (χ4n) is 5.39. The van der Waals surface area contributed by atoms with E-state index in [0.29, 0.717) is 23.7 Å². The van der Waals surface area contributed by atoms with Crippen molar-refractivity contribution in [3.05, 3.63) is 73.4 Å². The smallest absolute Gasteiger partial charge is 0.224 e. The Balaban J connectivity index is 1.19. The summed E-state index contributed by atoms with van der Waals surface area (Å²) in [6.07, 6.45) is 11.4. The Kier molecular flexibility index (Phi) is 6.21. The zero-order chi connectivity index (χ0) is 26.9. The van der Waals surface area contributed by atoms with Gasteiger partial charge in [0.2, 0.25) is 5.91 Å². The summed E-state index contributed by atoms with van der Waals surface area (Å²) in [5.41, 5.74) is 8.19. The highest BCUT2D eigenvalue weighted by Crippen LogP contribution is 2.33. The molecule has 10 nitrogen and oxygen atoms in total. The molecule has 1 fully saturated rings. The molecule has 198 valence electrons. The third kappa shape index (κ3) is 4.69. The molecule has 0 spiro atoms. The lowest BCUT2D eigenvalue weighted by molar-refractivity contribution is -0.117. The molecule has 1 amide bonds. The second-order valence-electron chi connectivity index (χ2n) is 10.1. The molecule has 10 heteroatoms. The normalized spacial score (nSPS) is 14.1. The number of hydrogen-bond donors (Lipinski definition) is 4. The minimum Gasteiger partial charge on any atom is -0.338 e. The molecule has 1 saturated heterocycles. The van der Waals surface area contributed by atoms with Crippen molar-refractivity contribution < 1.29 is 4.79 Å². The molecule has 0 unspecified atom stereocenters. The molecule has 0 saturated carbocycles. The number of fused-ring (bicyclic) bond motifs is 2. The van der Waals surface area contributed by atoms with Gasteiger partial charge >= 0.3 is 0 Å². The van der Waals surface area contributed by atoms with Crippen LogP contribution in [0, 0.1) is 5.92 Å². The standard InChI is InChI=1S/C30H27N9O/c40-27(13-18-3-8-31-9-4-18)35-21-14-20(16-33-17-21)24-1-2-25-28(36-24)29(39-38-25)26-15-23-22(7-12-34-30(23)37-26)19-5-10-32-11-6-19/h1-2,5-7,10-12,14-18,31H,3-4,8-9,13H2,(H,34,37)(H,35,40)(H,38,39). The molecule has 6 aromatic rings. The number of aromatic nitrogens is 7. The Morgan fingerprint density at radius 3 is 2.70 bits per heavy atom. The minimum atomic E-state index is 0.0185. The molecule has 40 heavy (non-hydrogen) atoms. The number of nitrogens with zero attached hydrogens (tertiary/aromatic N) is 5. The Hall–Kier alpha value is -4.96. The highest BCUT2D eigenvalue weighted by molar-refractivity contribution is 5.99. The number of carbonyl (C=O) groups is 1. The molecule has 7 heterocycles. The van der Waals surface area contributed by atoms with Gasteiger partial charge in [0.15, 0.2) is 0 Å². The average Bonchev–Trinajstić information content (AvgIpc) is 3.62. The van der Waals surface area contributed by atoms with Crippen LogP contribution >= 0.6 is 0 Å². The van der Waals surface area contributed by atoms with Crippen LogP contribution in [0.15, 0.2) is 73.4 Å². The van der Waals surface area contributed by atoms with E-state index >= 15 is 0 Å². The van der Waals surface area contributed by atoms with Gasteiger partial charge in [-0.25, -0.2) is 9.97 Å². The summed E-state index contributed by atoms with van der Waals surface area (Å²) in [4.78, 5) is 34.1. The summed E-state index contributed by atoms with van der Waals surface area (Å²) < 4.78 is 0. The monoisotopic (exact) mass is 529 g/mol. The Morgan fingerprint density at radius 2 is 1.82 bits per heavy atom. The molecule has 7 rings (SSSR count). The predicted molar refractivity (Wildman–Crippen MR) is 154 cm³/mol. The van der Waals surface area contributed by atoms with Gasteiger partial charge in [0.05, 0.1) is 28.8 Å². The number of aromatic amines is 2. The van der Waals surface area contributed by atoms with Crippen LogP contribution < -0.4 is 10.6 Å². The lowest BCUT2D eigenvalue weighted by Gasteiger charge is -2.21. The topological polar surface area (TPSA) is 137 Å². The van der Waals surface area contributed by atoms with Gasteiger partial charge in [-0.2, -0.15) is 5.10 Å². The minimum absolute atomic E-state index is 0.0185. The molecule has 0 bridgehead atoms. The zero-order valence-corrected chi connectivity index (χ0v) is 21.7. The van der Waals surface area contributed by atoms with E-state index in [2.05, 4.69) is 46.8 Å². The molecule has 6 aromatic heterocycles. The summed E-state index contributed by atoms with van der Waals surface area (Å²) in [6.45, 7) is 1.94. The van der Waals surface area contributed by atoms with Gasteiger partial charge in [-0.3, -0.25) is 19.9 Å². The van der Waals surface area contributed by atoms with Gasteiger partial charge < -0.3 is 15.6 Å². The fraction of sp³-hybridized carbons (Fsp3) is 0.200. The first-order valence-corrected chi connectivity index (χ1v) is 13.4. The van der Waals surface area contributed by atoms with Crippen LogP contribution in [0.1, 0.15) is 19.3 Å². The molecule has 0 aliphatic carbocycles. The predicted octanol–water partition coefficient (Wildman–Crippen LogP) is 4.95. The Morgan fingerprint density at radius 1 is 0.950 bits per heavy atom. The number of H-pyrrole nitrogens is 2. The first-order valence-electron chi connectivity index (χ1n) is 13.4. The SMILES string of the molecule is O=C(CC1CCNCC1)Nc1cncc(-c2ccc3[nH]nc(-c4cc5c(-c6ccncc6)ccnc5[nH]4)c3n2)c1. The van der Waals surface area contributed by atoms with E-state index in [0.717, 1.165) is 76.1 Å². The third-order valence-electron chi connectivity index (χ3n) is 7.44. The zero-order valence-electron chi connectivity index (χ0n) is 21.7. The van der Waals surface area contributed by atoms with Gasteiger partial charge in [-0.1, -0.05) is 0 Å². The van der Waals surface area contributed by atoms with Gasteiger partial charge in [-0.05, 0) is 85.4 Å². The second-order valence-corrected chi connectivity index (χ2v) is 10.1. The Bertz CT molecular complexity index is 1820. The largest absolute Gasteiger partial charge is 0.338 e. The fourth-order valence-corrected chi connectivity index (χ4v) is 5.39. The number of carbonyl (C=O) groups excluding carboxylic acids is 1. The van der Waals surface area contributed by atoms with Crippen LogP contribution in [0.5, 0.6) is 0 Å². The van der Waals surface area contributed by atoms with Crippen molar-refractivity contribution in [3.63, 3.8) is 0 Å². The second kappa shape index (κ2) is 10.3. The van der Waals surface area contributed by atoms with E-state index in [1.54, 1.807) is 31.0 Å². The van der Waals surface area contributed by atoms with Crippen LogP contribution in [0.25, 0.3) is 55.8 Å². The maximum Gasteiger partial charge on any atom is 0.224 e. The van der Waals surface area contributed by atoms with Crippen molar-refractivity contribution >= 4 is 33.7 Å². The average molecular weight is 530 g/mol. The van der Waals surface area contributed by atoms with Gasteiger partial charge in [0.25, 0.3) is 0 Å². The molecule has 0 aromatic carbocycles. The molecule has 1 aliphatic heterocycles. The number of rotatable bonds is 6. The van der Waals surface area contributed by atoms with Crippen LogP contribution in [0.3, 0.4) is 0 Å². The number of anilines is 1. The van der Waals surface area contributed by atoms with E-state index < -0.39 is 0 Å². The van der Waals surface area contributed by atoms with Crippen molar-refractivity contribution in [2.45, 2.75) is 19.3 Å². The number of piperidine rings is 1. The van der Waals surface area contributed by atoms with Crippen molar-refractivity contribution in [2.75, 3.05) is 18.4 Å². The Labute approximate surface area is 229 Å². The highest BCUT2D eigenvalue weighted by atomic mass is 16.1. The lowest BCUT2D eigenvalue weighted by Crippen LogP contribution is -2.30. The van der Waals surface area contributed by atoms with Crippen molar-refractivity contribution in [3.8, 4) is 33.8 Å². The molecular weight excluding hydrogens is 502 g/mol. The van der Waals surface area contributed by atoms with Crippen LogP contribution in [0.4, 0.5) is 5.69 Å². The molecule has 0 radical (unpaired) electrons. The number of pyridine rings is 4. The first kappa shape index (κ1) is 24.1. The quantitative estimate of drug-likeness (QED) is 0.239. The molecule has 1 aliphatic rings. The van der Waals surface area contributed by atoms with E-state index in [1.165, 1.54) is 0 Å². The van der Waals surface area contributed by atoms with E-state index in [9.17, 15) is 4.79 Å². The van der Waals surface area contributed by atoms with E-state index in [4.69, 9.17) is 4.98 Å². The number of nitrogens with one attached hydrogen (secondary N) is 4. The summed E-state index contributed by atoms with van der Waals surface area (Å²) in [5, 5.41) is 15.0. The van der Waals surface area contributed by atoms with Crippen LogP contribution in [-0.4, -0.2) is 54.1 Å². The third-order valence-corrected chi connectivity index (χ3v) is 7.44. The van der Waals surface area contributed by atoms with E-state index in [1.807, 2.05) is 36.4 Å². The molecular formula is C30H27N9O. The summed E-state index contributed by atoms with van der Waals surface area (Å²) in [5.74, 6) is 0.437. The van der Waals surface area contributed by atoms with Crippen LogP contribution in [-0.2, 0) is 4.79 Å². The number of hydrogen-bond acceptors (Lipinski definition) is 7. The lowest BCUT2D eigenvalue weighted by atomic mass is 9.94. The van der Waals surface area contributed by atoms with Gasteiger partial charge in [0.1, 0.15) is 16.9 Å². The summed E-state index contributed by atoms with van der Waals surface area (Å²) in [6, 6.07) is 13.8. The van der Waals surface area contributed by atoms with Gasteiger partial charge in [0, 0.05) is 42.2 Å². The maximum absolute atomic E-state index is 12.7. The molecule has 4 N–H and O–H groups in total. The maximum atomic E-state index is 12.7. The van der Waals surface area contributed by atoms with Crippen molar-refractivity contribution in [1.29, 1.82) is 0 Å². The highest BCUT2D eigenvalue weighted by Gasteiger charge is 2.18. The van der Waals surface area contributed by atoms with Crippen LogP contribution in [0.2, 0.25) is 0 Å². The molecule has 0 atom stereocenters. The summed E-state index contributed by atoms with van der Waals surface area (Å²) >= 11 is 0.